The van der Waals surface area contributed by atoms with Crippen molar-refractivity contribution in [2.24, 2.45) is 0 Å². The van der Waals surface area contributed by atoms with Crippen LogP contribution in [-0.4, -0.2) is 41.3 Å². The predicted octanol–water partition coefficient (Wildman–Crippen LogP) is 1.35. The molecule has 0 aliphatic rings. The van der Waals surface area contributed by atoms with Gasteiger partial charge in [0.15, 0.2) is 0 Å². The van der Waals surface area contributed by atoms with E-state index in [2.05, 4.69) is 10.3 Å². The third-order valence-corrected chi connectivity index (χ3v) is 3.03. The third-order valence-electron chi connectivity index (χ3n) is 3.03. The van der Waals surface area contributed by atoms with E-state index in [1.165, 1.54) is 11.1 Å². The van der Waals surface area contributed by atoms with Crippen molar-refractivity contribution < 1.29 is 9.59 Å². The molecule has 1 aromatic rings. The molecule has 1 rings (SSSR count). The number of rotatable bonds is 7. The number of hydrogen-bond acceptors (Lipinski definition) is 4. The lowest BCUT2D eigenvalue weighted by Gasteiger charge is -2.22. The first-order chi connectivity index (χ1) is 9.99. The number of nitrogens with two attached hydrogens (primary N) is 1. The number of carbonyl (C=O) groups excluding carboxylic acids is 2. The van der Waals surface area contributed by atoms with Crippen molar-refractivity contribution in [2.75, 3.05) is 25.4 Å². The Labute approximate surface area is 125 Å². The second-order valence-corrected chi connectivity index (χ2v) is 4.98. The topological polar surface area (TPSA) is 88.3 Å². The highest BCUT2D eigenvalue weighted by Gasteiger charge is 2.20. The molecule has 1 aromatic heterocycles. The number of aryl methyl sites for hydroxylation is 1. The van der Waals surface area contributed by atoms with Crippen molar-refractivity contribution in [2.45, 2.75) is 33.6 Å². The quantitative estimate of drug-likeness (QED) is 0.794. The lowest BCUT2D eigenvalue weighted by Crippen LogP contribution is -2.41. The Hall–Kier alpha value is -2.11. The van der Waals surface area contributed by atoms with Gasteiger partial charge < -0.3 is 16.0 Å². The Kier molecular flexibility index (Phi) is 6.65. The molecular weight excluding hydrogens is 268 g/mol. The molecule has 0 atom stereocenters. The van der Waals surface area contributed by atoms with Crippen molar-refractivity contribution >= 4 is 17.5 Å². The van der Waals surface area contributed by atoms with Crippen LogP contribution in [0.4, 0.5) is 5.69 Å². The van der Waals surface area contributed by atoms with Gasteiger partial charge >= 0.3 is 0 Å². The van der Waals surface area contributed by atoms with Crippen molar-refractivity contribution in [3.63, 3.8) is 0 Å². The average molecular weight is 292 g/mol. The van der Waals surface area contributed by atoms with E-state index < -0.39 is 0 Å². The van der Waals surface area contributed by atoms with Gasteiger partial charge in [-0.3, -0.25) is 14.6 Å². The molecule has 0 fully saturated rings. The average Bonchev–Trinajstić information content (AvgIpc) is 2.46. The van der Waals surface area contributed by atoms with Gasteiger partial charge in [0.25, 0.3) is 5.91 Å². The zero-order chi connectivity index (χ0) is 15.8. The number of carbonyl (C=O) groups is 2. The van der Waals surface area contributed by atoms with Gasteiger partial charge in [-0.1, -0.05) is 13.8 Å². The second-order valence-electron chi connectivity index (χ2n) is 4.98. The molecule has 2 amide bonds. The van der Waals surface area contributed by atoms with Crippen molar-refractivity contribution in [3.05, 3.63) is 23.5 Å². The Balaban J connectivity index is 2.86. The highest BCUT2D eigenvalue weighted by molar-refractivity contribution is 5.98. The fourth-order valence-corrected chi connectivity index (χ4v) is 1.95. The second kappa shape index (κ2) is 8.24. The van der Waals surface area contributed by atoms with E-state index in [1.807, 2.05) is 13.8 Å². The Bertz CT molecular complexity index is 502. The number of hydrogen-bond donors (Lipinski definition) is 2. The maximum atomic E-state index is 12.6. The van der Waals surface area contributed by atoms with Crippen LogP contribution in [0.15, 0.2) is 12.3 Å². The van der Waals surface area contributed by atoms with Crippen LogP contribution < -0.4 is 11.1 Å². The molecule has 116 valence electrons. The molecule has 0 saturated carbocycles. The number of pyridine rings is 1. The van der Waals surface area contributed by atoms with Gasteiger partial charge in [-0.2, -0.15) is 0 Å². The summed E-state index contributed by atoms with van der Waals surface area (Å²) in [4.78, 5) is 30.0. The van der Waals surface area contributed by atoms with Crippen LogP contribution in [0.3, 0.4) is 0 Å². The molecular formula is C15H24N4O2. The van der Waals surface area contributed by atoms with Crippen LogP contribution in [0.2, 0.25) is 0 Å². The summed E-state index contributed by atoms with van der Waals surface area (Å²) in [6.07, 6.45) is 3.16. The number of nitrogens with zero attached hydrogens (tertiary/aromatic N) is 2. The molecule has 0 bridgehead atoms. The Morgan fingerprint density at radius 1 is 1.33 bits per heavy atom. The SMILES string of the molecule is CCCNC(=O)CN(CCC)C(=O)c1cc(N)cnc1C. The minimum absolute atomic E-state index is 0.0565. The smallest absolute Gasteiger partial charge is 0.256 e. The van der Waals surface area contributed by atoms with E-state index in [0.717, 1.165) is 12.8 Å². The first kappa shape index (κ1) is 16.9. The number of nitrogens with one attached hydrogen (secondary N) is 1. The minimum atomic E-state index is -0.208. The fourth-order valence-electron chi connectivity index (χ4n) is 1.95. The van der Waals surface area contributed by atoms with Gasteiger partial charge in [-0.05, 0) is 25.8 Å². The molecule has 21 heavy (non-hydrogen) atoms. The van der Waals surface area contributed by atoms with E-state index in [-0.39, 0.29) is 18.4 Å². The summed E-state index contributed by atoms with van der Waals surface area (Å²) >= 11 is 0. The zero-order valence-electron chi connectivity index (χ0n) is 13.0. The van der Waals surface area contributed by atoms with Crippen LogP contribution >= 0.6 is 0 Å². The number of aromatic nitrogens is 1. The first-order valence-corrected chi connectivity index (χ1v) is 7.27. The fraction of sp³-hybridized carbons (Fsp3) is 0.533. The summed E-state index contributed by atoms with van der Waals surface area (Å²) in [5.41, 5.74) is 7.20. The van der Waals surface area contributed by atoms with Crippen molar-refractivity contribution in [1.29, 1.82) is 0 Å². The van der Waals surface area contributed by atoms with E-state index in [1.54, 1.807) is 13.0 Å². The maximum Gasteiger partial charge on any atom is 0.256 e. The van der Waals surface area contributed by atoms with Gasteiger partial charge in [-0.15, -0.1) is 0 Å². The molecule has 0 aromatic carbocycles. The van der Waals surface area contributed by atoms with Crippen LogP contribution in [0.1, 0.15) is 42.7 Å². The lowest BCUT2D eigenvalue weighted by atomic mass is 10.1. The van der Waals surface area contributed by atoms with Gasteiger partial charge in [0.2, 0.25) is 5.91 Å². The van der Waals surface area contributed by atoms with Crippen molar-refractivity contribution in [3.8, 4) is 0 Å². The largest absolute Gasteiger partial charge is 0.397 e. The molecule has 0 radical (unpaired) electrons. The van der Waals surface area contributed by atoms with E-state index in [4.69, 9.17) is 5.73 Å². The monoisotopic (exact) mass is 292 g/mol. The van der Waals surface area contributed by atoms with Crippen LogP contribution in [0.25, 0.3) is 0 Å². The summed E-state index contributed by atoms with van der Waals surface area (Å²) in [5, 5.41) is 2.78. The molecule has 0 aliphatic carbocycles. The molecule has 0 aliphatic heterocycles. The molecule has 0 spiro atoms. The van der Waals surface area contributed by atoms with Crippen LogP contribution in [0.5, 0.6) is 0 Å². The molecule has 6 heteroatoms. The molecule has 6 nitrogen and oxygen atoms in total. The number of anilines is 1. The molecule has 0 unspecified atom stereocenters. The number of nitrogen functional groups attached to an aromatic ring is 1. The normalized spacial score (nSPS) is 10.2. The summed E-state index contributed by atoms with van der Waals surface area (Å²) < 4.78 is 0. The van der Waals surface area contributed by atoms with Gasteiger partial charge in [0, 0.05) is 13.1 Å². The Morgan fingerprint density at radius 3 is 2.67 bits per heavy atom. The lowest BCUT2D eigenvalue weighted by molar-refractivity contribution is -0.121. The van der Waals surface area contributed by atoms with Gasteiger partial charge in [0.05, 0.1) is 29.7 Å². The highest BCUT2D eigenvalue weighted by Crippen LogP contribution is 2.13. The summed E-state index contributed by atoms with van der Waals surface area (Å²) in [6.45, 7) is 6.90. The van der Waals surface area contributed by atoms with E-state index in [9.17, 15) is 9.59 Å². The molecule has 1 heterocycles. The van der Waals surface area contributed by atoms with E-state index in [0.29, 0.717) is 30.0 Å². The third kappa shape index (κ3) is 5.06. The Morgan fingerprint density at radius 2 is 2.05 bits per heavy atom. The summed E-state index contributed by atoms with van der Waals surface area (Å²) in [5.74, 6) is -0.353. The first-order valence-electron chi connectivity index (χ1n) is 7.27. The van der Waals surface area contributed by atoms with Crippen molar-refractivity contribution in [1.82, 2.24) is 15.2 Å². The van der Waals surface area contributed by atoms with E-state index >= 15 is 0 Å². The van der Waals surface area contributed by atoms with Crippen LogP contribution in [-0.2, 0) is 4.79 Å². The summed E-state index contributed by atoms with van der Waals surface area (Å²) in [6, 6.07) is 1.61. The zero-order valence-corrected chi connectivity index (χ0v) is 13.0. The molecule has 0 saturated heterocycles. The minimum Gasteiger partial charge on any atom is -0.397 e. The summed E-state index contributed by atoms with van der Waals surface area (Å²) in [7, 11) is 0. The standard InChI is InChI=1S/C15H24N4O2/c1-4-6-17-14(20)10-19(7-5-2)15(21)13-8-12(16)9-18-11(13)3/h8-9H,4-7,10,16H2,1-3H3,(H,17,20). The van der Waals surface area contributed by atoms with Gasteiger partial charge in [-0.25, -0.2) is 0 Å². The predicted molar refractivity (Wildman–Crippen MR) is 82.9 cm³/mol. The number of amides is 2. The van der Waals surface area contributed by atoms with Crippen LogP contribution in [0, 0.1) is 6.92 Å². The highest BCUT2D eigenvalue weighted by atomic mass is 16.2. The maximum absolute atomic E-state index is 12.6. The molecule has 3 N–H and O–H groups in total. The van der Waals surface area contributed by atoms with Gasteiger partial charge in [0.1, 0.15) is 0 Å².